The lowest BCUT2D eigenvalue weighted by Crippen LogP contribution is -2.58. The van der Waals surface area contributed by atoms with Crippen molar-refractivity contribution in [1.29, 1.82) is 0 Å². The molecule has 0 aromatic rings. The fraction of sp³-hybridized carbons (Fsp3) is 0.812. The van der Waals surface area contributed by atoms with Crippen LogP contribution < -0.4 is 0 Å². The van der Waals surface area contributed by atoms with Crippen LogP contribution in [0.3, 0.4) is 0 Å². The third kappa shape index (κ3) is 10.0. The molecule has 0 heterocycles. The molecule has 0 amide bonds. The van der Waals surface area contributed by atoms with Crippen LogP contribution in [-0.4, -0.2) is 66.4 Å². The predicted molar refractivity (Wildman–Crippen MR) is 90.2 cm³/mol. The molecule has 0 aliphatic rings. The molecule has 0 aromatic carbocycles. The lowest BCUT2D eigenvalue weighted by atomic mass is 9.66. The highest BCUT2D eigenvalue weighted by Crippen LogP contribution is 2.41. The second kappa shape index (κ2) is 12.6. The summed E-state index contributed by atoms with van der Waals surface area (Å²) in [5.74, 6) is -4.93. The van der Waals surface area contributed by atoms with E-state index in [-0.39, 0.29) is 25.0 Å². The van der Waals surface area contributed by atoms with Crippen LogP contribution in [0.2, 0.25) is 0 Å². The van der Waals surface area contributed by atoms with E-state index in [4.69, 9.17) is 25.5 Å². The predicted octanol–water partition coefficient (Wildman–Crippen LogP) is 0.942. The minimum absolute atomic E-state index is 0.167. The average molecular weight is 368 g/mol. The van der Waals surface area contributed by atoms with Gasteiger partial charge in [-0.25, -0.2) is 4.79 Å². The largest absolute Gasteiger partial charge is 0.481 e. The maximum atomic E-state index is 11.2. The van der Waals surface area contributed by atoms with Gasteiger partial charge in [-0.1, -0.05) is 13.8 Å². The molecule has 6 N–H and O–H groups in total. The summed E-state index contributed by atoms with van der Waals surface area (Å²) in [4.78, 5) is 32.9. The third-order valence-electron chi connectivity index (χ3n) is 3.17. The summed E-state index contributed by atoms with van der Waals surface area (Å²) in [5.41, 5.74) is -4.84. The molecule has 0 fully saturated rings. The van der Waals surface area contributed by atoms with Crippen molar-refractivity contribution < 1.29 is 45.0 Å². The van der Waals surface area contributed by atoms with Crippen LogP contribution >= 0.6 is 0 Å². The molecule has 0 saturated carbocycles. The molecule has 0 radical (unpaired) electrons. The van der Waals surface area contributed by atoms with Crippen molar-refractivity contribution in [1.82, 2.24) is 0 Å². The Balaban J connectivity index is -0.000000503. The zero-order valence-corrected chi connectivity index (χ0v) is 15.7. The molecule has 9 heteroatoms. The summed E-state index contributed by atoms with van der Waals surface area (Å²) in [6, 6.07) is 0. The second-order valence-electron chi connectivity index (χ2n) is 6.02. The van der Waals surface area contributed by atoms with Crippen molar-refractivity contribution in [3.05, 3.63) is 0 Å². The van der Waals surface area contributed by atoms with Crippen LogP contribution in [0.15, 0.2) is 0 Å². The Morgan fingerprint density at radius 1 is 0.800 bits per heavy atom. The van der Waals surface area contributed by atoms with Gasteiger partial charge in [-0.3, -0.25) is 9.59 Å². The zero-order chi connectivity index (χ0) is 21.0. The second-order valence-corrected chi connectivity index (χ2v) is 6.02. The Morgan fingerprint density at radius 2 is 1.08 bits per heavy atom. The lowest BCUT2D eigenvalue weighted by Gasteiger charge is -2.39. The summed E-state index contributed by atoms with van der Waals surface area (Å²) in [5, 5.41) is 52.8. The average Bonchev–Trinajstić information content (AvgIpc) is 2.37. The Morgan fingerprint density at radius 3 is 1.20 bits per heavy atom. The quantitative estimate of drug-likeness (QED) is 0.382. The van der Waals surface area contributed by atoms with E-state index in [9.17, 15) is 19.5 Å². The highest BCUT2D eigenvalue weighted by Gasteiger charge is 2.60. The van der Waals surface area contributed by atoms with E-state index in [1.54, 1.807) is 27.7 Å². The summed E-state index contributed by atoms with van der Waals surface area (Å²) < 4.78 is 0. The standard InChI is InChI=1S/C10H16O7.2C3H8O/c1-3-9(4-2,7(13)14)10(17,8(15)16)5-6(11)12;2*1-3(2)4/h17H,3-5H2,1-2H3,(H,11,12)(H,13,14)(H,15,16);2*3-4H,1-2H3. The normalized spacial score (nSPS) is 13.1. The Labute approximate surface area is 147 Å². The number of aliphatic carboxylic acids is 3. The Bertz CT molecular complexity index is 402. The molecular weight excluding hydrogens is 336 g/mol. The molecule has 0 saturated heterocycles. The van der Waals surface area contributed by atoms with E-state index in [0.29, 0.717) is 0 Å². The summed E-state index contributed by atoms with van der Waals surface area (Å²) in [6.07, 6.45) is -1.86. The van der Waals surface area contributed by atoms with Crippen LogP contribution in [0.4, 0.5) is 0 Å². The molecular formula is C16H32O9. The van der Waals surface area contributed by atoms with Crippen LogP contribution in [0.25, 0.3) is 0 Å². The van der Waals surface area contributed by atoms with Gasteiger partial charge in [0.2, 0.25) is 0 Å². The fourth-order valence-electron chi connectivity index (χ4n) is 1.98. The number of aliphatic hydroxyl groups is 3. The van der Waals surface area contributed by atoms with Crippen molar-refractivity contribution in [2.24, 2.45) is 5.41 Å². The van der Waals surface area contributed by atoms with Gasteiger partial charge in [0.15, 0.2) is 5.60 Å². The number of rotatable bonds is 7. The maximum absolute atomic E-state index is 11.2. The van der Waals surface area contributed by atoms with Crippen LogP contribution in [0.1, 0.15) is 60.8 Å². The number of hydrogen-bond donors (Lipinski definition) is 6. The summed E-state index contributed by atoms with van der Waals surface area (Å²) in [7, 11) is 0. The van der Waals surface area contributed by atoms with Crippen molar-refractivity contribution in [3.63, 3.8) is 0 Å². The van der Waals surface area contributed by atoms with Gasteiger partial charge in [-0.15, -0.1) is 0 Å². The molecule has 1 atom stereocenters. The van der Waals surface area contributed by atoms with Crippen LogP contribution in [-0.2, 0) is 14.4 Å². The number of carbonyl (C=O) groups is 3. The van der Waals surface area contributed by atoms with Gasteiger partial charge in [0.25, 0.3) is 0 Å². The maximum Gasteiger partial charge on any atom is 0.337 e. The highest BCUT2D eigenvalue weighted by atomic mass is 16.4. The Kier molecular flexibility index (Phi) is 14.2. The van der Waals surface area contributed by atoms with Gasteiger partial charge in [0.1, 0.15) is 5.41 Å². The highest BCUT2D eigenvalue weighted by molar-refractivity contribution is 5.92. The topological polar surface area (TPSA) is 173 Å². The van der Waals surface area contributed by atoms with Gasteiger partial charge in [-0.05, 0) is 40.5 Å². The van der Waals surface area contributed by atoms with E-state index < -0.39 is 35.3 Å². The number of carboxylic acid groups (broad SMARTS) is 3. The molecule has 0 rings (SSSR count). The van der Waals surface area contributed by atoms with Gasteiger partial charge >= 0.3 is 17.9 Å². The molecule has 0 aromatic heterocycles. The van der Waals surface area contributed by atoms with Gasteiger partial charge in [-0.2, -0.15) is 0 Å². The molecule has 25 heavy (non-hydrogen) atoms. The number of aliphatic hydroxyl groups excluding tert-OH is 2. The summed E-state index contributed by atoms with van der Waals surface area (Å²) in [6.45, 7) is 9.68. The van der Waals surface area contributed by atoms with Crippen molar-refractivity contribution in [3.8, 4) is 0 Å². The molecule has 0 aliphatic heterocycles. The van der Waals surface area contributed by atoms with E-state index in [1.807, 2.05) is 0 Å². The first-order chi connectivity index (χ1) is 11.1. The van der Waals surface area contributed by atoms with Gasteiger partial charge in [0, 0.05) is 12.2 Å². The molecule has 150 valence electrons. The fourth-order valence-corrected chi connectivity index (χ4v) is 1.98. The first kappa shape index (κ1) is 28.1. The first-order valence-electron chi connectivity index (χ1n) is 7.91. The van der Waals surface area contributed by atoms with Crippen LogP contribution in [0, 0.1) is 5.41 Å². The monoisotopic (exact) mass is 368 g/mol. The Hall–Kier alpha value is -1.71. The van der Waals surface area contributed by atoms with Crippen molar-refractivity contribution in [2.75, 3.05) is 0 Å². The first-order valence-corrected chi connectivity index (χ1v) is 7.91. The SMILES string of the molecule is CC(C)O.CC(C)O.CCC(CC)(C(=O)O)C(O)(CC(=O)O)C(=O)O. The lowest BCUT2D eigenvalue weighted by molar-refractivity contribution is -0.194. The minimum Gasteiger partial charge on any atom is -0.481 e. The number of hydrogen-bond acceptors (Lipinski definition) is 6. The number of carboxylic acids is 3. The van der Waals surface area contributed by atoms with E-state index >= 15 is 0 Å². The van der Waals surface area contributed by atoms with E-state index in [0.717, 1.165) is 0 Å². The van der Waals surface area contributed by atoms with E-state index in [1.165, 1.54) is 13.8 Å². The molecule has 1 unspecified atom stereocenters. The zero-order valence-electron chi connectivity index (χ0n) is 15.7. The third-order valence-corrected chi connectivity index (χ3v) is 3.17. The minimum atomic E-state index is -2.83. The van der Waals surface area contributed by atoms with Crippen LogP contribution in [0.5, 0.6) is 0 Å². The van der Waals surface area contributed by atoms with Crippen molar-refractivity contribution >= 4 is 17.9 Å². The van der Waals surface area contributed by atoms with Gasteiger partial charge in [0.05, 0.1) is 6.42 Å². The van der Waals surface area contributed by atoms with E-state index in [2.05, 4.69) is 0 Å². The summed E-state index contributed by atoms with van der Waals surface area (Å²) >= 11 is 0. The van der Waals surface area contributed by atoms with Crippen molar-refractivity contribution in [2.45, 2.75) is 78.6 Å². The molecule has 9 nitrogen and oxygen atoms in total. The molecule has 0 bridgehead atoms. The molecule has 0 aliphatic carbocycles. The van der Waals surface area contributed by atoms with Gasteiger partial charge < -0.3 is 30.6 Å². The molecule has 0 spiro atoms. The smallest absolute Gasteiger partial charge is 0.337 e.